The highest BCUT2D eigenvalue weighted by Gasteiger charge is 2.56. The van der Waals surface area contributed by atoms with Crippen molar-refractivity contribution in [2.24, 2.45) is 0 Å². The summed E-state index contributed by atoms with van der Waals surface area (Å²) in [5.74, 6) is 0.773. The molecule has 0 fully saturated rings. The number of esters is 1. The van der Waals surface area contributed by atoms with Crippen LogP contribution < -0.4 is 19.1 Å². The molecule has 0 radical (unpaired) electrons. The van der Waals surface area contributed by atoms with Gasteiger partial charge in [0.15, 0.2) is 5.75 Å². The summed E-state index contributed by atoms with van der Waals surface area (Å²) in [6.45, 7) is 15.2. The maximum Gasteiger partial charge on any atom is 0.343 e. The highest BCUT2D eigenvalue weighted by atomic mass is 17.2. The summed E-state index contributed by atoms with van der Waals surface area (Å²) >= 11 is 0. The molecule has 1 unspecified atom stereocenters. The van der Waals surface area contributed by atoms with Crippen LogP contribution in [0, 0.1) is 0 Å². The molecule has 2 heterocycles. The molecule has 8 rings (SSSR count). The third-order valence-corrected chi connectivity index (χ3v) is 13.9. The lowest BCUT2D eigenvalue weighted by molar-refractivity contribution is -0.217. The number of fused-ring (bicyclic) bond motifs is 4. The second kappa shape index (κ2) is 23.5. The molecule has 71 heavy (non-hydrogen) atoms. The van der Waals surface area contributed by atoms with E-state index in [0.29, 0.717) is 42.3 Å². The molecule has 4 aromatic carbocycles. The molecule has 0 N–H and O–H groups in total. The molecule has 2 aliphatic rings. The van der Waals surface area contributed by atoms with Crippen molar-refractivity contribution in [2.75, 3.05) is 13.2 Å². The van der Waals surface area contributed by atoms with E-state index in [1.165, 1.54) is 67.2 Å². The van der Waals surface area contributed by atoms with E-state index in [0.717, 1.165) is 59.9 Å². The highest BCUT2D eigenvalue weighted by molar-refractivity contribution is 5.91. The maximum atomic E-state index is 13.6. The van der Waals surface area contributed by atoms with Crippen LogP contribution in [0.4, 0.5) is 0 Å². The molecule has 0 saturated carbocycles. The summed E-state index contributed by atoms with van der Waals surface area (Å²) in [4.78, 5) is 42.9. The van der Waals surface area contributed by atoms with Crippen molar-refractivity contribution in [3.63, 3.8) is 0 Å². The van der Waals surface area contributed by atoms with E-state index in [9.17, 15) is 4.79 Å². The van der Waals surface area contributed by atoms with Gasteiger partial charge in [0.25, 0.3) is 0 Å². The Morgan fingerprint density at radius 2 is 0.972 bits per heavy atom. The van der Waals surface area contributed by atoms with Gasteiger partial charge in [0.1, 0.15) is 12.4 Å². The van der Waals surface area contributed by atoms with Crippen molar-refractivity contribution < 1.29 is 28.8 Å². The van der Waals surface area contributed by atoms with E-state index in [1.807, 2.05) is 60.7 Å². The summed E-state index contributed by atoms with van der Waals surface area (Å²) < 4.78 is 17.5. The monoisotopic (exact) mass is 955 g/mol. The quantitative estimate of drug-likeness (QED) is 0.0191. The topological polar surface area (TPSA) is 115 Å². The normalized spacial score (nSPS) is 16.4. The van der Waals surface area contributed by atoms with Crippen LogP contribution in [0.25, 0.3) is 24.3 Å². The number of ether oxygens (including phenoxy) is 3. The zero-order valence-corrected chi connectivity index (χ0v) is 42.5. The smallest absolute Gasteiger partial charge is 0.343 e. The Labute approximate surface area is 420 Å². The molecule has 1 atom stereocenters. The Balaban J connectivity index is 0.867. The Bertz CT molecular complexity index is 2740. The van der Waals surface area contributed by atoms with Gasteiger partial charge < -0.3 is 19.1 Å². The first-order valence-electron chi connectivity index (χ1n) is 25.7. The number of unbranched alkanes of at least 4 members (excludes halogenated alkanes) is 8. The third kappa shape index (κ3) is 13.0. The van der Waals surface area contributed by atoms with Crippen LogP contribution in [0.1, 0.15) is 179 Å². The molecule has 370 valence electrons. The Morgan fingerprint density at radius 3 is 1.48 bits per heavy atom. The fourth-order valence-electron chi connectivity index (χ4n) is 10.3. The van der Waals surface area contributed by atoms with Crippen molar-refractivity contribution >= 4 is 30.3 Å². The molecular weight excluding hydrogens is 885 g/mol. The number of hydrogen-bond acceptors (Lipinski definition) is 10. The van der Waals surface area contributed by atoms with Crippen molar-refractivity contribution in [1.29, 1.82) is 0 Å². The van der Waals surface area contributed by atoms with E-state index < -0.39 is 5.97 Å². The van der Waals surface area contributed by atoms with Crippen LogP contribution >= 0.6 is 0 Å². The van der Waals surface area contributed by atoms with Gasteiger partial charge in [-0.3, -0.25) is 0 Å². The predicted molar refractivity (Wildman–Crippen MR) is 283 cm³/mol. The van der Waals surface area contributed by atoms with Gasteiger partial charge in [-0.05, 0) is 112 Å². The minimum Gasteiger partial charge on any atom is -0.463 e. The second-order valence-corrected chi connectivity index (χ2v) is 20.5. The molecule has 1 spiro atoms. The zero-order valence-electron chi connectivity index (χ0n) is 42.5. The van der Waals surface area contributed by atoms with Crippen LogP contribution in [0.5, 0.6) is 23.5 Å². The van der Waals surface area contributed by atoms with Crippen molar-refractivity contribution in [2.45, 2.75) is 141 Å². The van der Waals surface area contributed by atoms with E-state index >= 15 is 0 Å². The molecule has 10 heteroatoms. The van der Waals surface area contributed by atoms with Crippen LogP contribution in [0.3, 0.4) is 0 Å². The molecule has 0 saturated heterocycles. The minimum absolute atomic E-state index is 0.0955. The first-order valence-corrected chi connectivity index (χ1v) is 25.7. The molecule has 0 aliphatic heterocycles. The highest BCUT2D eigenvalue weighted by Crippen LogP contribution is 2.63. The fourth-order valence-corrected chi connectivity index (χ4v) is 10.3. The first-order chi connectivity index (χ1) is 34.4. The number of benzene rings is 4. The van der Waals surface area contributed by atoms with E-state index in [2.05, 4.69) is 97.9 Å². The summed E-state index contributed by atoms with van der Waals surface area (Å²) in [6.07, 6.45) is 28.6. The number of carbonyl (C=O) groups excluding carboxylic acids is 1. The lowest BCUT2D eigenvalue weighted by Gasteiger charge is -2.30. The largest absolute Gasteiger partial charge is 0.463 e. The lowest BCUT2D eigenvalue weighted by Crippen LogP contribution is -2.27. The molecule has 2 aliphatic carbocycles. The minimum atomic E-state index is -0.405. The lowest BCUT2D eigenvalue weighted by atomic mass is 9.72. The summed E-state index contributed by atoms with van der Waals surface area (Å²) in [7, 11) is 0. The predicted octanol–water partition coefficient (Wildman–Crippen LogP) is 14.7. The number of nitrogens with zero attached hydrogens (tertiary/aromatic N) is 4. The molecule has 10 nitrogen and oxygen atoms in total. The third-order valence-electron chi connectivity index (χ3n) is 13.9. The fraction of sp³-hybridized carbons (Fsp3) is 0.393. The van der Waals surface area contributed by atoms with E-state index in [1.54, 1.807) is 36.9 Å². The Morgan fingerprint density at radius 1 is 0.521 bits per heavy atom. The molecule has 2 aromatic heterocycles. The van der Waals surface area contributed by atoms with Gasteiger partial charge in [-0.1, -0.05) is 166 Å². The summed E-state index contributed by atoms with van der Waals surface area (Å²) in [5, 5.41) is 0. The number of aromatic nitrogens is 4. The number of hydrogen-bond donors (Lipinski definition) is 0. The molecule has 0 amide bonds. The average molecular weight is 955 g/mol. The zero-order chi connectivity index (χ0) is 49.7. The van der Waals surface area contributed by atoms with Gasteiger partial charge in [-0.25, -0.2) is 24.7 Å². The molecule has 0 bridgehead atoms. The maximum absolute atomic E-state index is 13.6. The second-order valence-electron chi connectivity index (χ2n) is 20.5. The Kier molecular flexibility index (Phi) is 16.8. The molecular formula is C61H70N4O6. The van der Waals surface area contributed by atoms with Crippen molar-refractivity contribution in [3.05, 3.63) is 165 Å². The van der Waals surface area contributed by atoms with Crippen LogP contribution in [0.2, 0.25) is 0 Å². The van der Waals surface area contributed by atoms with Crippen LogP contribution in [0.15, 0.2) is 110 Å². The van der Waals surface area contributed by atoms with Gasteiger partial charge >= 0.3 is 18.0 Å². The van der Waals surface area contributed by atoms with E-state index in [-0.39, 0.29) is 22.9 Å². The van der Waals surface area contributed by atoms with Gasteiger partial charge in [0, 0.05) is 41.3 Å². The summed E-state index contributed by atoms with van der Waals surface area (Å²) in [5.41, 5.74) is 9.69. The average Bonchev–Trinajstić information content (AvgIpc) is 3.74. The number of carbonyl (C=O) groups is 1. The van der Waals surface area contributed by atoms with Gasteiger partial charge in [-0.2, -0.15) is 4.89 Å². The SMILES string of the molecule is CCCCCCCOc1ncc(/C=C/c2ccc(COOc3ccc4c(c3)C3(CC4(C)C)CC(C)(C)c4ccc(OC(=O)c5ccc(/C=C/c6cnc(OCCCCCCC)nc6)cc5)cc43)cc2)cn1. The Hall–Kier alpha value is -6.65. The van der Waals surface area contributed by atoms with Crippen molar-refractivity contribution in [1.82, 2.24) is 19.9 Å². The number of rotatable bonds is 24. The van der Waals surface area contributed by atoms with E-state index in [4.69, 9.17) is 24.0 Å². The van der Waals surface area contributed by atoms with Gasteiger partial charge in [0.05, 0.1) is 18.8 Å². The van der Waals surface area contributed by atoms with Crippen molar-refractivity contribution in [3.8, 4) is 23.5 Å². The first kappa shape index (κ1) is 50.7. The molecule has 6 aromatic rings. The summed E-state index contributed by atoms with van der Waals surface area (Å²) in [6, 6.07) is 28.9. The van der Waals surface area contributed by atoms with Crippen LogP contribution in [-0.4, -0.2) is 39.1 Å². The standard InChI is InChI=1S/C61H70N4O6/c1-7-9-11-13-15-33-67-57-62-37-47(38-63-57)23-19-44-17-21-46(22-18-44)41-69-71-51-30-32-53-55(36-51)61(43-60(53,5)6)42-59(3,4)52-31-29-50(35-54(52)61)70-56(66)49-27-25-45(26-28-49)20-24-48-39-64-58(65-40-48)68-34-16-14-12-10-8-2/h17-32,35-40H,7-16,33-34,41-43H2,1-6H3/b23-19+,24-20+. The van der Waals surface area contributed by atoms with Gasteiger partial charge in [0.2, 0.25) is 0 Å². The van der Waals surface area contributed by atoms with Gasteiger partial charge in [-0.15, -0.1) is 0 Å². The van der Waals surface area contributed by atoms with Crippen LogP contribution in [-0.2, 0) is 27.7 Å².